The Morgan fingerprint density at radius 1 is 1.32 bits per heavy atom. The van der Waals surface area contributed by atoms with E-state index in [1.54, 1.807) is 12.1 Å². The maximum absolute atomic E-state index is 12.9. The smallest absolute Gasteiger partial charge is 0.310 e. The van der Waals surface area contributed by atoms with Gasteiger partial charge in [-0.25, -0.2) is 9.97 Å². The molecule has 1 amide bonds. The summed E-state index contributed by atoms with van der Waals surface area (Å²) in [6, 6.07) is 6.63. The molecule has 5 nitrogen and oxygen atoms in total. The molecular weight excluding hydrogens is 333 g/mol. The highest BCUT2D eigenvalue weighted by Gasteiger charge is 2.36. The summed E-state index contributed by atoms with van der Waals surface area (Å²) in [5.74, 6) is -0.107. The molecule has 1 aliphatic rings. The van der Waals surface area contributed by atoms with Crippen molar-refractivity contribution in [3.63, 3.8) is 0 Å². The van der Waals surface area contributed by atoms with Crippen LogP contribution in [-0.4, -0.2) is 34.4 Å². The maximum atomic E-state index is 12.9. The van der Waals surface area contributed by atoms with Crippen LogP contribution in [0.25, 0.3) is 0 Å². The van der Waals surface area contributed by atoms with Crippen molar-refractivity contribution >= 4 is 11.7 Å². The van der Waals surface area contributed by atoms with E-state index >= 15 is 0 Å². The van der Waals surface area contributed by atoms with Gasteiger partial charge in [0.25, 0.3) is 0 Å². The van der Waals surface area contributed by atoms with Crippen LogP contribution in [0.3, 0.4) is 0 Å². The van der Waals surface area contributed by atoms with E-state index in [4.69, 9.17) is 0 Å². The van der Waals surface area contributed by atoms with Gasteiger partial charge in [0.2, 0.25) is 5.91 Å². The van der Waals surface area contributed by atoms with Crippen molar-refractivity contribution in [2.24, 2.45) is 5.92 Å². The minimum absolute atomic E-state index is 0.194. The molecule has 132 valence electrons. The van der Waals surface area contributed by atoms with Crippen molar-refractivity contribution in [2.75, 3.05) is 18.9 Å². The normalized spacial score (nSPS) is 21.3. The fourth-order valence-electron chi connectivity index (χ4n) is 3.09. The second kappa shape index (κ2) is 6.79. The van der Waals surface area contributed by atoms with Crippen LogP contribution in [-0.2, 0) is 11.0 Å². The average Bonchev–Trinajstić information content (AvgIpc) is 2.97. The number of benzene rings is 1. The van der Waals surface area contributed by atoms with E-state index in [0.717, 1.165) is 12.1 Å². The first kappa shape index (κ1) is 17.3. The van der Waals surface area contributed by atoms with Crippen molar-refractivity contribution in [1.29, 1.82) is 0 Å². The summed E-state index contributed by atoms with van der Waals surface area (Å²) in [6.07, 6.45) is -1.07. The van der Waals surface area contributed by atoms with Crippen molar-refractivity contribution in [2.45, 2.75) is 18.6 Å². The first-order valence-corrected chi connectivity index (χ1v) is 7.79. The number of aromatic nitrogens is 2. The zero-order chi connectivity index (χ0) is 18.0. The first-order chi connectivity index (χ1) is 11.8. The number of halogens is 3. The summed E-state index contributed by atoms with van der Waals surface area (Å²) in [6.45, 7) is 0.470. The second-order valence-electron chi connectivity index (χ2n) is 6.10. The molecule has 1 aliphatic heterocycles. The van der Waals surface area contributed by atoms with E-state index in [1.165, 1.54) is 18.6 Å². The molecule has 0 bridgehead atoms. The summed E-state index contributed by atoms with van der Waals surface area (Å²) >= 11 is 0. The van der Waals surface area contributed by atoms with Gasteiger partial charge in [0, 0.05) is 18.8 Å². The number of carbonyl (C=O) groups is 1. The highest BCUT2D eigenvalue weighted by atomic mass is 19.4. The number of anilines is 1. The Morgan fingerprint density at radius 3 is 2.80 bits per heavy atom. The molecule has 1 saturated heterocycles. The molecule has 1 aromatic carbocycles. The molecule has 0 saturated carbocycles. The van der Waals surface area contributed by atoms with E-state index in [9.17, 15) is 18.0 Å². The maximum Gasteiger partial charge on any atom is 0.416 e. The van der Waals surface area contributed by atoms with Crippen LogP contribution in [0.15, 0.2) is 42.9 Å². The molecule has 2 atom stereocenters. The van der Waals surface area contributed by atoms with Gasteiger partial charge in [-0.2, -0.15) is 13.2 Å². The van der Waals surface area contributed by atoms with E-state index in [-0.39, 0.29) is 17.9 Å². The summed E-state index contributed by atoms with van der Waals surface area (Å²) in [5, 5.41) is 2.72. The molecule has 0 unspecified atom stereocenters. The Labute approximate surface area is 142 Å². The number of amides is 1. The molecule has 3 rings (SSSR count). The zero-order valence-corrected chi connectivity index (χ0v) is 13.5. The minimum atomic E-state index is -4.38. The Morgan fingerprint density at radius 2 is 2.12 bits per heavy atom. The fourth-order valence-corrected chi connectivity index (χ4v) is 3.09. The Kier molecular flexibility index (Phi) is 4.71. The molecule has 0 aliphatic carbocycles. The van der Waals surface area contributed by atoms with Crippen molar-refractivity contribution in [1.82, 2.24) is 14.9 Å². The lowest BCUT2D eigenvalue weighted by Crippen LogP contribution is -2.25. The number of rotatable bonds is 3. The van der Waals surface area contributed by atoms with Gasteiger partial charge < -0.3 is 5.32 Å². The molecule has 2 aromatic rings. The predicted octanol–water partition coefficient (Wildman–Crippen LogP) is 3.13. The number of alkyl halides is 3. The van der Waals surface area contributed by atoms with E-state index in [0.29, 0.717) is 24.3 Å². The molecular formula is C17H17F3N4O. The van der Waals surface area contributed by atoms with Gasteiger partial charge in [0.1, 0.15) is 12.1 Å². The van der Waals surface area contributed by atoms with E-state index in [1.807, 2.05) is 11.9 Å². The third kappa shape index (κ3) is 3.96. The lowest BCUT2D eigenvalue weighted by molar-refractivity contribution is -0.137. The van der Waals surface area contributed by atoms with Crippen LogP contribution >= 0.6 is 0 Å². The highest BCUT2D eigenvalue weighted by Crippen LogP contribution is 2.37. The van der Waals surface area contributed by atoms with Crippen molar-refractivity contribution < 1.29 is 18.0 Å². The number of nitrogens with zero attached hydrogens (tertiary/aromatic N) is 3. The first-order valence-electron chi connectivity index (χ1n) is 7.79. The van der Waals surface area contributed by atoms with Crippen LogP contribution in [0.5, 0.6) is 0 Å². The standard InChI is InChI=1S/C17H17F3N4O/c1-24-9-12(16(25)23-15-5-6-21-10-22-15)8-14(24)11-3-2-4-13(7-11)17(18,19)20/h2-7,10,12,14H,8-9H2,1H3,(H,21,22,23,25)/t12-,14+/m1/s1. The minimum Gasteiger partial charge on any atom is -0.310 e. The van der Waals surface area contributed by atoms with Gasteiger partial charge >= 0.3 is 6.18 Å². The topological polar surface area (TPSA) is 58.1 Å². The predicted molar refractivity (Wildman–Crippen MR) is 85.6 cm³/mol. The lowest BCUT2D eigenvalue weighted by atomic mass is 9.97. The van der Waals surface area contributed by atoms with Gasteiger partial charge in [-0.05, 0) is 37.2 Å². The number of likely N-dealkylation sites (tertiary alicyclic amines) is 1. The third-order valence-electron chi connectivity index (χ3n) is 4.35. The SMILES string of the molecule is CN1C[C@H](C(=O)Nc2ccncn2)C[C@H]1c1cccc(C(F)(F)F)c1. The molecule has 2 heterocycles. The number of hydrogen-bond donors (Lipinski definition) is 1. The van der Waals surface area contributed by atoms with Crippen LogP contribution in [0.4, 0.5) is 19.0 Å². The van der Waals surface area contributed by atoms with Crippen molar-refractivity contribution in [3.8, 4) is 0 Å². The molecule has 25 heavy (non-hydrogen) atoms. The second-order valence-corrected chi connectivity index (χ2v) is 6.10. The lowest BCUT2D eigenvalue weighted by Gasteiger charge is -2.20. The number of nitrogens with one attached hydrogen (secondary N) is 1. The molecule has 1 fully saturated rings. The van der Waals surface area contributed by atoms with Gasteiger partial charge in [0.05, 0.1) is 11.5 Å². The highest BCUT2D eigenvalue weighted by molar-refractivity contribution is 5.92. The fraction of sp³-hybridized carbons (Fsp3) is 0.353. The van der Waals surface area contributed by atoms with Crippen LogP contribution < -0.4 is 5.32 Å². The summed E-state index contributed by atoms with van der Waals surface area (Å²) < 4.78 is 38.7. The summed E-state index contributed by atoms with van der Waals surface area (Å²) in [5.41, 5.74) is -0.109. The van der Waals surface area contributed by atoms with Crippen molar-refractivity contribution in [3.05, 3.63) is 54.0 Å². The molecule has 0 radical (unpaired) electrons. The molecule has 0 spiro atoms. The number of hydrogen-bond acceptors (Lipinski definition) is 4. The molecule has 8 heteroatoms. The van der Waals surface area contributed by atoms with Gasteiger partial charge in [-0.15, -0.1) is 0 Å². The Balaban J connectivity index is 1.72. The largest absolute Gasteiger partial charge is 0.416 e. The Bertz CT molecular complexity index is 751. The van der Waals surface area contributed by atoms with Crippen LogP contribution in [0, 0.1) is 5.92 Å². The van der Waals surface area contributed by atoms with Crippen LogP contribution in [0.2, 0.25) is 0 Å². The van der Waals surface area contributed by atoms with Gasteiger partial charge in [-0.3, -0.25) is 9.69 Å². The average molecular weight is 350 g/mol. The van der Waals surface area contributed by atoms with Gasteiger partial charge in [-0.1, -0.05) is 12.1 Å². The third-order valence-corrected chi connectivity index (χ3v) is 4.35. The number of carbonyl (C=O) groups excluding carboxylic acids is 1. The van der Waals surface area contributed by atoms with Crippen LogP contribution in [0.1, 0.15) is 23.6 Å². The summed E-state index contributed by atoms with van der Waals surface area (Å²) in [4.78, 5) is 22.0. The summed E-state index contributed by atoms with van der Waals surface area (Å²) in [7, 11) is 1.81. The molecule has 1 aromatic heterocycles. The van der Waals surface area contributed by atoms with E-state index < -0.39 is 11.7 Å². The monoisotopic (exact) mass is 350 g/mol. The zero-order valence-electron chi connectivity index (χ0n) is 13.5. The van der Waals surface area contributed by atoms with E-state index in [2.05, 4.69) is 15.3 Å². The quantitative estimate of drug-likeness (QED) is 0.924. The van der Waals surface area contributed by atoms with Gasteiger partial charge in [0.15, 0.2) is 0 Å². The Hall–Kier alpha value is -2.48. The molecule has 1 N–H and O–H groups in total.